The lowest BCUT2D eigenvalue weighted by molar-refractivity contribution is 0.0526. The number of furan rings is 1. The average molecular weight is 438 g/mol. The van der Waals surface area contributed by atoms with E-state index < -0.39 is 16.0 Å². The van der Waals surface area contributed by atoms with Crippen LogP contribution in [-0.4, -0.2) is 21.0 Å². The Labute approximate surface area is 180 Å². The van der Waals surface area contributed by atoms with Crippen LogP contribution in [0.5, 0.6) is 0 Å². The molecule has 7 heteroatoms. The molecule has 4 aromatic rings. The van der Waals surface area contributed by atoms with Gasteiger partial charge in [0.05, 0.1) is 17.2 Å². The van der Waals surface area contributed by atoms with Crippen LogP contribution in [0.3, 0.4) is 0 Å². The molecule has 0 radical (unpaired) electrons. The van der Waals surface area contributed by atoms with Crippen LogP contribution >= 0.6 is 0 Å². The summed E-state index contributed by atoms with van der Waals surface area (Å²) in [7, 11) is -3.82. The van der Waals surface area contributed by atoms with Gasteiger partial charge in [-0.2, -0.15) is 0 Å². The molecule has 0 aliphatic carbocycles. The Kier molecular flexibility index (Phi) is 5.69. The van der Waals surface area contributed by atoms with E-state index in [1.54, 1.807) is 31.2 Å². The molecule has 160 valence electrons. The van der Waals surface area contributed by atoms with Crippen LogP contribution in [0.1, 0.15) is 36.4 Å². The second-order valence-electron chi connectivity index (χ2n) is 7.14. The van der Waals surface area contributed by atoms with Gasteiger partial charge in [0.15, 0.2) is 0 Å². The predicted molar refractivity (Wildman–Crippen MR) is 121 cm³/mol. The van der Waals surface area contributed by atoms with Crippen LogP contribution in [0.4, 0.5) is 5.69 Å². The number of esters is 1. The highest BCUT2D eigenvalue weighted by molar-refractivity contribution is 7.92. The molecule has 6 nitrogen and oxygen atoms in total. The van der Waals surface area contributed by atoms with E-state index in [4.69, 9.17) is 9.15 Å². The van der Waals surface area contributed by atoms with Crippen LogP contribution in [0.15, 0.2) is 70.0 Å². The third kappa shape index (κ3) is 3.88. The minimum Gasteiger partial charge on any atom is -0.462 e. The van der Waals surface area contributed by atoms with Crippen molar-refractivity contribution in [2.24, 2.45) is 0 Å². The van der Waals surface area contributed by atoms with E-state index in [9.17, 15) is 13.2 Å². The van der Waals surface area contributed by atoms with Crippen LogP contribution in [0.2, 0.25) is 0 Å². The van der Waals surface area contributed by atoms with Gasteiger partial charge in [0.25, 0.3) is 10.0 Å². The predicted octanol–water partition coefficient (Wildman–Crippen LogP) is 5.52. The number of sulfonamides is 1. The van der Waals surface area contributed by atoms with Crippen molar-refractivity contribution in [3.63, 3.8) is 0 Å². The zero-order chi connectivity index (χ0) is 22.0. The van der Waals surface area contributed by atoms with Gasteiger partial charge in [0.1, 0.15) is 16.9 Å². The van der Waals surface area contributed by atoms with E-state index in [0.29, 0.717) is 39.8 Å². The lowest BCUT2D eigenvalue weighted by Crippen LogP contribution is -2.13. The smallest absolute Gasteiger partial charge is 0.342 e. The fraction of sp³-hybridized carbons (Fsp3) is 0.208. The first-order valence-corrected chi connectivity index (χ1v) is 11.7. The number of ether oxygens (including phenoxy) is 1. The van der Waals surface area contributed by atoms with Crippen molar-refractivity contribution in [1.29, 1.82) is 0 Å². The van der Waals surface area contributed by atoms with E-state index in [1.807, 2.05) is 31.2 Å². The maximum absolute atomic E-state index is 13.0. The SMILES string of the molecule is CCCc1oc2c(cc(NS(=O)(=O)c3ccccc3)c3ccccc32)c1C(=O)OCC. The standard InChI is InChI=1S/C24H23NO5S/c1-3-10-21-22(24(26)29-4-2)19-15-20(17-13-8-9-14-18(17)23(19)30-21)25-31(27,28)16-11-6-5-7-12-16/h5-9,11-15,25H,3-4,10H2,1-2H3. The van der Waals surface area contributed by atoms with Gasteiger partial charge in [-0.05, 0) is 31.5 Å². The molecule has 3 aromatic carbocycles. The number of fused-ring (bicyclic) bond motifs is 3. The lowest BCUT2D eigenvalue weighted by atomic mass is 10.0. The monoisotopic (exact) mass is 437 g/mol. The molecule has 1 heterocycles. The molecule has 1 aromatic heterocycles. The Morgan fingerprint density at radius 3 is 2.32 bits per heavy atom. The summed E-state index contributed by atoms with van der Waals surface area (Å²) in [5.74, 6) is 0.0704. The normalized spacial score (nSPS) is 11.7. The maximum Gasteiger partial charge on any atom is 0.342 e. The molecule has 31 heavy (non-hydrogen) atoms. The highest BCUT2D eigenvalue weighted by Gasteiger charge is 2.25. The van der Waals surface area contributed by atoms with Crippen LogP contribution in [-0.2, 0) is 21.2 Å². The van der Waals surface area contributed by atoms with E-state index in [-0.39, 0.29) is 11.5 Å². The number of anilines is 1. The molecular formula is C24H23NO5S. The summed E-state index contributed by atoms with van der Waals surface area (Å²) in [5, 5.41) is 1.94. The van der Waals surface area contributed by atoms with Gasteiger partial charge in [-0.15, -0.1) is 0 Å². The highest BCUT2D eigenvalue weighted by Crippen LogP contribution is 2.38. The third-order valence-corrected chi connectivity index (χ3v) is 6.40. The quantitative estimate of drug-likeness (QED) is 0.385. The first kappa shape index (κ1) is 20.9. The average Bonchev–Trinajstić information content (AvgIpc) is 3.13. The summed E-state index contributed by atoms with van der Waals surface area (Å²) in [6.45, 7) is 3.98. The molecule has 0 saturated carbocycles. The molecule has 0 aliphatic heterocycles. The van der Waals surface area contributed by atoms with Crippen molar-refractivity contribution in [3.8, 4) is 0 Å². The van der Waals surface area contributed by atoms with Crippen molar-refractivity contribution in [2.75, 3.05) is 11.3 Å². The first-order chi connectivity index (χ1) is 15.0. The number of rotatable bonds is 7. The molecule has 0 amide bonds. The largest absolute Gasteiger partial charge is 0.462 e. The van der Waals surface area contributed by atoms with Crippen molar-refractivity contribution in [1.82, 2.24) is 0 Å². The number of aryl methyl sites for hydroxylation is 1. The van der Waals surface area contributed by atoms with Crippen molar-refractivity contribution < 1.29 is 22.4 Å². The zero-order valence-electron chi connectivity index (χ0n) is 17.3. The van der Waals surface area contributed by atoms with Gasteiger partial charge in [0.2, 0.25) is 0 Å². The first-order valence-electron chi connectivity index (χ1n) is 10.2. The molecule has 0 fully saturated rings. The minimum atomic E-state index is -3.82. The zero-order valence-corrected chi connectivity index (χ0v) is 18.2. The Bertz CT molecular complexity index is 1360. The Morgan fingerprint density at radius 2 is 1.65 bits per heavy atom. The van der Waals surface area contributed by atoms with Crippen molar-refractivity contribution in [2.45, 2.75) is 31.6 Å². The molecular weight excluding hydrogens is 414 g/mol. The Balaban J connectivity index is 1.97. The Morgan fingerprint density at radius 1 is 0.968 bits per heavy atom. The van der Waals surface area contributed by atoms with E-state index in [1.165, 1.54) is 12.1 Å². The Hall–Kier alpha value is -3.32. The number of hydrogen-bond acceptors (Lipinski definition) is 5. The van der Waals surface area contributed by atoms with Gasteiger partial charge in [0, 0.05) is 22.6 Å². The van der Waals surface area contributed by atoms with Crippen molar-refractivity contribution in [3.05, 3.63) is 72.0 Å². The molecule has 0 unspecified atom stereocenters. The number of carbonyl (C=O) groups excluding carboxylic acids is 1. The van der Waals surface area contributed by atoms with Gasteiger partial charge in [-0.1, -0.05) is 49.4 Å². The fourth-order valence-corrected chi connectivity index (χ4v) is 4.78. The summed E-state index contributed by atoms with van der Waals surface area (Å²) in [6.07, 6.45) is 1.36. The third-order valence-electron chi connectivity index (χ3n) is 5.02. The molecule has 0 spiro atoms. The topological polar surface area (TPSA) is 85.6 Å². The summed E-state index contributed by atoms with van der Waals surface area (Å²) in [5.41, 5.74) is 1.27. The van der Waals surface area contributed by atoms with E-state index in [2.05, 4.69) is 4.72 Å². The minimum absolute atomic E-state index is 0.156. The van der Waals surface area contributed by atoms with Crippen LogP contribution in [0, 0.1) is 0 Å². The van der Waals surface area contributed by atoms with E-state index in [0.717, 1.165) is 11.8 Å². The summed E-state index contributed by atoms with van der Waals surface area (Å²) < 4.78 is 40.0. The summed E-state index contributed by atoms with van der Waals surface area (Å²) in [4.78, 5) is 12.9. The van der Waals surface area contributed by atoms with Crippen molar-refractivity contribution >= 4 is 43.4 Å². The summed E-state index contributed by atoms with van der Waals surface area (Å²) in [6, 6.07) is 17.2. The number of hydrogen-bond donors (Lipinski definition) is 1. The molecule has 0 aliphatic rings. The lowest BCUT2D eigenvalue weighted by Gasteiger charge is -2.12. The van der Waals surface area contributed by atoms with Gasteiger partial charge in [-0.25, -0.2) is 13.2 Å². The highest BCUT2D eigenvalue weighted by atomic mass is 32.2. The molecule has 0 bridgehead atoms. The molecule has 0 atom stereocenters. The second-order valence-corrected chi connectivity index (χ2v) is 8.82. The molecule has 0 saturated heterocycles. The number of benzene rings is 3. The van der Waals surface area contributed by atoms with Crippen LogP contribution in [0.25, 0.3) is 21.7 Å². The van der Waals surface area contributed by atoms with Gasteiger partial charge >= 0.3 is 5.97 Å². The number of nitrogens with one attached hydrogen (secondary N) is 1. The van der Waals surface area contributed by atoms with Gasteiger partial charge in [-0.3, -0.25) is 4.72 Å². The molecule has 4 rings (SSSR count). The fourth-order valence-electron chi connectivity index (χ4n) is 3.69. The molecule has 1 N–H and O–H groups in total. The maximum atomic E-state index is 13.0. The van der Waals surface area contributed by atoms with Crippen LogP contribution < -0.4 is 4.72 Å². The van der Waals surface area contributed by atoms with Gasteiger partial charge < -0.3 is 9.15 Å². The second kappa shape index (κ2) is 8.43. The number of carbonyl (C=O) groups is 1. The van der Waals surface area contributed by atoms with E-state index >= 15 is 0 Å². The summed E-state index contributed by atoms with van der Waals surface area (Å²) >= 11 is 0.